The molecule has 0 aromatic heterocycles. The summed E-state index contributed by atoms with van der Waals surface area (Å²) < 4.78 is 46.2. The van der Waals surface area contributed by atoms with Crippen LogP contribution < -0.4 is 0 Å². The van der Waals surface area contributed by atoms with Gasteiger partial charge in [0.1, 0.15) is 0 Å². The second-order valence-corrected chi connectivity index (χ2v) is 13.8. The molecule has 0 aromatic rings. The van der Waals surface area contributed by atoms with Crippen LogP contribution in [0, 0.1) is 0 Å². The van der Waals surface area contributed by atoms with Crippen molar-refractivity contribution in [1.29, 1.82) is 0 Å². The third-order valence-electron chi connectivity index (χ3n) is 5.58. The van der Waals surface area contributed by atoms with E-state index in [1.807, 2.05) is 13.0 Å². The van der Waals surface area contributed by atoms with Crippen molar-refractivity contribution >= 4 is 15.2 Å². The van der Waals surface area contributed by atoms with Gasteiger partial charge in [0.2, 0.25) is 0 Å². The van der Waals surface area contributed by atoms with E-state index in [2.05, 4.69) is 45.9 Å². The Balaban J connectivity index is 4.85. The first-order valence-electron chi connectivity index (χ1n) is 11.5. The van der Waals surface area contributed by atoms with Gasteiger partial charge in [-0.2, -0.15) is 0 Å². The van der Waals surface area contributed by atoms with Gasteiger partial charge < -0.3 is 18.1 Å². The van der Waals surface area contributed by atoms with Crippen LogP contribution in [0.1, 0.15) is 79.6 Å². The van der Waals surface area contributed by atoms with Crippen molar-refractivity contribution in [2.45, 2.75) is 85.0 Å². The largest absolute Gasteiger partial charge is 0.345 e. The van der Waals surface area contributed by atoms with E-state index in [-0.39, 0.29) is 6.42 Å². The van der Waals surface area contributed by atoms with Crippen LogP contribution in [-0.4, -0.2) is 33.8 Å². The van der Waals surface area contributed by atoms with Gasteiger partial charge in [-0.1, -0.05) is 46.6 Å². The Kier molecular flexibility index (Phi) is 16.4. The topological polar surface area (TPSA) is 71.1 Å². The van der Waals surface area contributed by atoms with Gasteiger partial charge >= 0.3 is 15.2 Å². The Bertz CT molecular complexity index is 749. The minimum atomic E-state index is -3.66. The Morgan fingerprint density at radius 1 is 0.606 bits per heavy atom. The average molecular weight is 505 g/mol. The number of hydrogen-bond acceptors (Lipinski definition) is 6. The summed E-state index contributed by atoms with van der Waals surface area (Å²) in [4.78, 5) is 0. The van der Waals surface area contributed by atoms with Gasteiger partial charge in [-0.3, -0.25) is 9.13 Å². The van der Waals surface area contributed by atoms with E-state index in [1.165, 1.54) is 45.2 Å². The van der Waals surface area contributed by atoms with Crippen molar-refractivity contribution in [3.63, 3.8) is 0 Å². The molecule has 0 aliphatic heterocycles. The summed E-state index contributed by atoms with van der Waals surface area (Å²) >= 11 is 0. The predicted octanol–water partition coefficient (Wildman–Crippen LogP) is 8.82. The highest BCUT2D eigenvalue weighted by molar-refractivity contribution is 7.72. The van der Waals surface area contributed by atoms with Crippen molar-refractivity contribution in [2.75, 3.05) is 28.4 Å². The highest BCUT2D eigenvalue weighted by Gasteiger charge is 2.48. The normalized spacial score (nSPS) is 14.2. The maximum absolute atomic E-state index is 12.9. The van der Waals surface area contributed by atoms with Gasteiger partial charge in [0.05, 0.1) is 0 Å². The van der Waals surface area contributed by atoms with E-state index >= 15 is 0 Å². The van der Waals surface area contributed by atoms with Crippen LogP contribution in [0.15, 0.2) is 46.6 Å². The standard InChI is InChI=1S/C25H46O6P2/c1-21(2)13-10-14-22(3)15-11-16-23(4)17-12-18-24(5)19-20-25(32(26,28-6)29-7)33(27,30-8)31-9/h13,15,17,19,25H,10-12,14,16,18,20H2,1-9H3/b22-15+,23-17+,24-19+. The molecule has 0 fully saturated rings. The Hall–Kier alpha value is -0.740. The van der Waals surface area contributed by atoms with Crippen LogP contribution in [-0.2, 0) is 27.2 Å². The number of hydrogen-bond donors (Lipinski definition) is 0. The molecule has 0 N–H and O–H groups in total. The van der Waals surface area contributed by atoms with Crippen LogP contribution >= 0.6 is 15.2 Å². The van der Waals surface area contributed by atoms with Crippen LogP contribution in [0.3, 0.4) is 0 Å². The van der Waals surface area contributed by atoms with Gasteiger partial charge in [-0.05, 0) is 79.6 Å². The molecule has 33 heavy (non-hydrogen) atoms. The summed E-state index contributed by atoms with van der Waals surface area (Å²) in [6.45, 7) is 10.7. The third-order valence-corrected chi connectivity index (χ3v) is 11.2. The van der Waals surface area contributed by atoms with E-state index in [1.54, 1.807) is 0 Å². The molecule has 0 aliphatic rings. The molecule has 0 saturated heterocycles. The van der Waals surface area contributed by atoms with Crippen LogP contribution in [0.4, 0.5) is 0 Å². The predicted molar refractivity (Wildman–Crippen MR) is 140 cm³/mol. The quantitative estimate of drug-likeness (QED) is 0.146. The van der Waals surface area contributed by atoms with Gasteiger partial charge in [-0.25, -0.2) is 0 Å². The zero-order valence-corrected chi connectivity index (χ0v) is 24.0. The van der Waals surface area contributed by atoms with Crippen molar-refractivity contribution < 1.29 is 27.2 Å². The monoisotopic (exact) mass is 504 g/mol. The fourth-order valence-electron chi connectivity index (χ4n) is 3.36. The molecule has 0 unspecified atom stereocenters. The van der Waals surface area contributed by atoms with Gasteiger partial charge in [0, 0.05) is 28.4 Å². The molecule has 0 aliphatic carbocycles. The van der Waals surface area contributed by atoms with Crippen LogP contribution in [0.5, 0.6) is 0 Å². The first-order valence-corrected chi connectivity index (χ1v) is 14.7. The smallest absolute Gasteiger partial charge is 0.311 e. The zero-order valence-electron chi connectivity index (χ0n) is 22.2. The summed E-state index contributed by atoms with van der Waals surface area (Å²) in [5, 5.41) is -1.02. The Morgan fingerprint density at radius 2 is 0.939 bits per heavy atom. The highest BCUT2D eigenvalue weighted by Crippen LogP contribution is 2.70. The first-order chi connectivity index (χ1) is 15.5. The average Bonchev–Trinajstić information content (AvgIpc) is 2.78. The lowest BCUT2D eigenvalue weighted by molar-refractivity contribution is 0.247. The Labute approximate surface area is 202 Å². The zero-order chi connectivity index (χ0) is 25.5. The van der Waals surface area contributed by atoms with Crippen LogP contribution in [0.25, 0.3) is 0 Å². The van der Waals surface area contributed by atoms with Crippen molar-refractivity contribution in [3.05, 3.63) is 46.6 Å². The van der Waals surface area contributed by atoms with E-state index in [9.17, 15) is 9.13 Å². The molecule has 0 heterocycles. The SMILES string of the molecule is COP(=O)(OC)C(C/C=C(\C)CC/C=C(\C)CC/C=C(\C)CCC=C(C)C)P(=O)(OC)OC. The molecule has 0 spiro atoms. The lowest BCUT2D eigenvalue weighted by Gasteiger charge is -2.28. The van der Waals surface area contributed by atoms with Gasteiger partial charge in [0.25, 0.3) is 0 Å². The second-order valence-electron chi connectivity index (χ2n) is 8.58. The summed E-state index contributed by atoms with van der Waals surface area (Å²) in [7, 11) is -2.21. The van der Waals surface area contributed by atoms with Gasteiger partial charge in [-0.15, -0.1) is 0 Å². The van der Waals surface area contributed by atoms with Crippen molar-refractivity contribution in [3.8, 4) is 0 Å². The first kappa shape index (κ1) is 32.3. The summed E-state index contributed by atoms with van der Waals surface area (Å²) in [5.74, 6) is 0. The van der Waals surface area contributed by atoms with E-state index in [0.29, 0.717) is 0 Å². The van der Waals surface area contributed by atoms with Crippen molar-refractivity contribution in [1.82, 2.24) is 0 Å². The maximum Gasteiger partial charge on any atom is 0.345 e. The molecule has 0 aromatic carbocycles. The molecule has 8 heteroatoms. The van der Waals surface area contributed by atoms with Crippen molar-refractivity contribution in [2.24, 2.45) is 0 Å². The molecule has 0 rings (SSSR count). The summed E-state index contributed by atoms with van der Waals surface area (Å²) in [6.07, 6.45) is 15.2. The van der Waals surface area contributed by atoms with Gasteiger partial charge in [0.15, 0.2) is 5.40 Å². The molecule has 0 saturated carbocycles. The lowest BCUT2D eigenvalue weighted by atomic mass is 10.0. The number of rotatable bonds is 17. The molecular weight excluding hydrogens is 458 g/mol. The molecule has 0 radical (unpaired) electrons. The minimum Gasteiger partial charge on any atom is -0.311 e. The molecule has 6 nitrogen and oxygen atoms in total. The second kappa shape index (κ2) is 16.8. The molecule has 0 atom stereocenters. The lowest BCUT2D eigenvalue weighted by Crippen LogP contribution is -2.14. The van der Waals surface area contributed by atoms with E-state index < -0.39 is 20.6 Å². The molecule has 0 bridgehead atoms. The molecule has 192 valence electrons. The highest BCUT2D eigenvalue weighted by atomic mass is 31.2. The third kappa shape index (κ3) is 12.5. The summed E-state index contributed by atoms with van der Waals surface area (Å²) in [6, 6.07) is 0. The minimum absolute atomic E-state index is 0.212. The van der Waals surface area contributed by atoms with E-state index in [4.69, 9.17) is 18.1 Å². The molecular formula is C25H46O6P2. The molecule has 0 amide bonds. The van der Waals surface area contributed by atoms with Crippen LogP contribution in [0.2, 0.25) is 0 Å². The van der Waals surface area contributed by atoms with E-state index in [0.717, 1.165) is 44.1 Å². The summed E-state index contributed by atoms with van der Waals surface area (Å²) in [5.41, 5.74) is 5.30. The Morgan fingerprint density at radius 3 is 1.27 bits per heavy atom. The fraction of sp³-hybridized carbons (Fsp3) is 0.680. The number of allylic oxidation sites excluding steroid dienone is 8. The fourth-order valence-corrected chi connectivity index (χ4v) is 7.88. The maximum atomic E-state index is 12.9.